The molecule has 2 unspecified atom stereocenters. The van der Waals surface area contributed by atoms with Crippen LogP contribution in [-0.4, -0.2) is 20.4 Å². The molecule has 0 aromatic rings. The van der Waals surface area contributed by atoms with Gasteiger partial charge in [-0.25, -0.2) is 0 Å². The zero-order valence-electron chi connectivity index (χ0n) is 16.2. The number of hydrogen-bond donors (Lipinski definition) is 0. The van der Waals surface area contributed by atoms with E-state index in [4.69, 9.17) is 9.16 Å². The van der Waals surface area contributed by atoms with Crippen molar-refractivity contribution in [2.45, 2.75) is 97.4 Å². The number of carbonyl (C=O) groups is 1. The number of rotatable bonds is 8. The molecule has 2 atom stereocenters. The Hall–Kier alpha value is -0.773. The summed E-state index contributed by atoms with van der Waals surface area (Å²) in [5, 5.41) is 0.154. The van der Waals surface area contributed by atoms with Crippen molar-refractivity contribution >= 4 is 14.3 Å². The van der Waals surface area contributed by atoms with Gasteiger partial charge in [-0.05, 0) is 44.0 Å². The lowest BCUT2D eigenvalue weighted by atomic mass is 9.99. The molecule has 0 bridgehead atoms. The zero-order chi connectivity index (χ0) is 17.7. The van der Waals surface area contributed by atoms with Gasteiger partial charge in [0.1, 0.15) is 6.10 Å². The summed E-state index contributed by atoms with van der Waals surface area (Å²) < 4.78 is 11.9. The fraction of sp³-hybridized carbons (Fsp3) is 0.842. The van der Waals surface area contributed by atoms with E-state index < -0.39 is 8.32 Å². The van der Waals surface area contributed by atoms with Crippen LogP contribution in [0.2, 0.25) is 18.1 Å². The number of unbranched alkanes of at least 4 members (excludes halogenated alkanes) is 4. The van der Waals surface area contributed by atoms with Gasteiger partial charge in [0, 0.05) is 0 Å². The van der Waals surface area contributed by atoms with E-state index in [-0.39, 0.29) is 23.0 Å². The zero-order valence-corrected chi connectivity index (χ0v) is 17.2. The minimum atomic E-state index is -1.90. The molecule has 0 aromatic carbocycles. The molecule has 23 heavy (non-hydrogen) atoms. The van der Waals surface area contributed by atoms with Gasteiger partial charge >= 0.3 is 5.97 Å². The van der Waals surface area contributed by atoms with E-state index in [9.17, 15) is 4.79 Å². The fourth-order valence-electron chi connectivity index (χ4n) is 2.55. The van der Waals surface area contributed by atoms with Crippen molar-refractivity contribution in [3.05, 3.63) is 11.8 Å². The molecule has 1 fully saturated rings. The minimum Gasteiger partial charge on any atom is -0.546 e. The summed E-state index contributed by atoms with van der Waals surface area (Å²) in [6.07, 6.45) is 8.63. The van der Waals surface area contributed by atoms with Crippen LogP contribution in [0.5, 0.6) is 0 Å². The lowest BCUT2D eigenvalue weighted by Crippen LogP contribution is -2.41. The molecule has 1 aliphatic heterocycles. The Balaban J connectivity index is 2.84. The average molecular weight is 341 g/mol. The summed E-state index contributed by atoms with van der Waals surface area (Å²) in [6.45, 7) is 15.5. The molecule has 134 valence electrons. The van der Waals surface area contributed by atoms with Gasteiger partial charge < -0.3 is 9.16 Å². The topological polar surface area (TPSA) is 35.5 Å². The van der Waals surface area contributed by atoms with Crippen LogP contribution >= 0.6 is 0 Å². The predicted molar refractivity (Wildman–Crippen MR) is 98.8 cm³/mol. The van der Waals surface area contributed by atoms with E-state index in [0.29, 0.717) is 6.42 Å². The smallest absolute Gasteiger partial charge is 0.306 e. The monoisotopic (exact) mass is 340 g/mol. The highest BCUT2D eigenvalue weighted by Crippen LogP contribution is 2.41. The van der Waals surface area contributed by atoms with Crippen molar-refractivity contribution in [3.8, 4) is 0 Å². The van der Waals surface area contributed by atoms with Crippen LogP contribution in [0.25, 0.3) is 0 Å². The second-order valence-corrected chi connectivity index (χ2v) is 13.0. The minimum absolute atomic E-state index is 0.0749. The Morgan fingerprint density at radius 3 is 2.43 bits per heavy atom. The second-order valence-electron chi connectivity index (χ2n) is 8.32. The van der Waals surface area contributed by atoms with Crippen LogP contribution in [0.1, 0.15) is 73.1 Å². The molecule has 1 rings (SSSR count). The van der Waals surface area contributed by atoms with E-state index in [2.05, 4.69) is 46.9 Å². The maximum Gasteiger partial charge on any atom is 0.306 e. The van der Waals surface area contributed by atoms with Crippen LogP contribution in [0.3, 0.4) is 0 Å². The Kier molecular flexibility index (Phi) is 7.37. The third kappa shape index (κ3) is 5.98. The number of allylic oxidation sites excluding steroid dienone is 1. The SMILES string of the molecule is CCCCCC/C=C(/O[Si](C)(C)C(C)(C)C)C1CC(=O)OC1C. The first-order valence-corrected chi connectivity index (χ1v) is 12.1. The van der Waals surface area contributed by atoms with E-state index in [1.807, 2.05) is 6.92 Å². The fourth-order valence-corrected chi connectivity index (χ4v) is 3.68. The van der Waals surface area contributed by atoms with Crippen LogP contribution in [0.15, 0.2) is 11.8 Å². The number of carbonyl (C=O) groups excluding carboxylic acids is 1. The normalized spacial score (nSPS) is 23.1. The van der Waals surface area contributed by atoms with Crippen molar-refractivity contribution in [2.24, 2.45) is 5.92 Å². The van der Waals surface area contributed by atoms with Crippen molar-refractivity contribution in [1.29, 1.82) is 0 Å². The summed E-state index contributed by atoms with van der Waals surface area (Å²) in [7, 11) is -1.90. The van der Waals surface area contributed by atoms with Gasteiger partial charge in [0.05, 0.1) is 18.1 Å². The summed E-state index contributed by atoms with van der Waals surface area (Å²) in [5.41, 5.74) is 0. The maximum absolute atomic E-state index is 11.7. The molecule has 0 amide bonds. The molecule has 1 heterocycles. The molecule has 1 saturated heterocycles. The molecule has 0 radical (unpaired) electrons. The van der Waals surface area contributed by atoms with Gasteiger partial charge in [-0.1, -0.05) is 47.0 Å². The van der Waals surface area contributed by atoms with Crippen molar-refractivity contribution in [3.63, 3.8) is 0 Å². The highest BCUT2D eigenvalue weighted by Gasteiger charge is 2.43. The first kappa shape index (κ1) is 20.3. The Morgan fingerprint density at radius 1 is 1.30 bits per heavy atom. The maximum atomic E-state index is 11.7. The largest absolute Gasteiger partial charge is 0.546 e. The molecule has 3 nitrogen and oxygen atoms in total. The van der Waals surface area contributed by atoms with Crippen LogP contribution < -0.4 is 0 Å². The van der Waals surface area contributed by atoms with Gasteiger partial charge in [0.25, 0.3) is 0 Å². The van der Waals surface area contributed by atoms with Gasteiger partial charge in [-0.2, -0.15) is 0 Å². The van der Waals surface area contributed by atoms with Gasteiger partial charge in [-0.15, -0.1) is 0 Å². The summed E-state index contributed by atoms with van der Waals surface area (Å²) in [5.74, 6) is 0.993. The highest BCUT2D eigenvalue weighted by atomic mass is 28.4. The van der Waals surface area contributed by atoms with Crippen molar-refractivity contribution in [2.75, 3.05) is 0 Å². The number of esters is 1. The summed E-state index contributed by atoms with van der Waals surface area (Å²) >= 11 is 0. The highest BCUT2D eigenvalue weighted by molar-refractivity contribution is 6.74. The molecule has 0 aromatic heterocycles. The van der Waals surface area contributed by atoms with E-state index >= 15 is 0 Å². The van der Waals surface area contributed by atoms with E-state index in [1.54, 1.807) is 0 Å². The lowest BCUT2D eigenvalue weighted by Gasteiger charge is -2.38. The van der Waals surface area contributed by atoms with E-state index in [0.717, 1.165) is 12.2 Å². The lowest BCUT2D eigenvalue weighted by molar-refractivity contribution is -0.140. The molecular formula is C19H36O3Si. The summed E-state index contributed by atoms with van der Waals surface area (Å²) in [6, 6.07) is 0. The second kappa shape index (κ2) is 8.36. The number of ether oxygens (including phenoxy) is 1. The third-order valence-electron chi connectivity index (χ3n) is 5.22. The molecule has 1 aliphatic rings. The Bertz CT molecular complexity index is 421. The third-order valence-corrected chi connectivity index (χ3v) is 9.58. The molecule has 4 heteroatoms. The number of hydrogen-bond acceptors (Lipinski definition) is 3. The van der Waals surface area contributed by atoms with Gasteiger partial charge in [0.15, 0.2) is 0 Å². The molecule has 0 saturated carbocycles. The first-order valence-electron chi connectivity index (χ1n) is 9.17. The van der Waals surface area contributed by atoms with E-state index in [1.165, 1.54) is 25.7 Å². The molecule has 0 spiro atoms. The summed E-state index contributed by atoms with van der Waals surface area (Å²) in [4.78, 5) is 11.7. The van der Waals surface area contributed by atoms with Gasteiger partial charge in [-0.3, -0.25) is 4.79 Å². The molecular weight excluding hydrogens is 304 g/mol. The van der Waals surface area contributed by atoms with Crippen LogP contribution in [-0.2, 0) is 14.0 Å². The van der Waals surface area contributed by atoms with Crippen LogP contribution in [0, 0.1) is 5.92 Å². The standard InChI is InChI=1S/C19H36O3Si/c1-8-9-10-11-12-13-17(16-14-18(20)21-15(16)2)22-23(6,7)19(3,4)5/h13,15-16H,8-12,14H2,1-7H3/b17-13+. The Labute approximate surface area is 144 Å². The first-order chi connectivity index (χ1) is 10.6. The number of cyclic esters (lactones) is 1. The molecule has 0 N–H and O–H groups in total. The van der Waals surface area contributed by atoms with Crippen molar-refractivity contribution < 1.29 is 14.0 Å². The predicted octanol–water partition coefficient (Wildman–Crippen LogP) is 5.81. The average Bonchev–Trinajstić information content (AvgIpc) is 2.74. The van der Waals surface area contributed by atoms with Gasteiger partial charge in [0.2, 0.25) is 8.32 Å². The molecule has 0 aliphatic carbocycles. The quantitative estimate of drug-likeness (QED) is 0.242. The van der Waals surface area contributed by atoms with Crippen LogP contribution in [0.4, 0.5) is 0 Å². The van der Waals surface area contributed by atoms with Crippen molar-refractivity contribution in [1.82, 2.24) is 0 Å². The Morgan fingerprint density at radius 2 is 1.96 bits per heavy atom.